The molecule has 114 valence electrons. The lowest BCUT2D eigenvalue weighted by molar-refractivity contribution is -0.206. The molecule has 1 aliphatic carbocycles. The first-order valence-electron chi connectivity index (χ1n) is 7.31. The molecule has 1 saturated carbocycles. The summed E-state index contributed by atoms with van der Waals surface area (Å²) >= 11 is 0. The van der Waals surface area contributed by atoms with Gasteiger partial charge in [0.25, 0.3) is 0 Å². The fraction of sp³-hybridized carbons (Fsp3) is 0.867. The highest BCUT2D eigenvalue weighted by Gasteiger charge is 2.58. The molecule has 0 unspecified atom stereocenters. The Morgan fingerprint density at radius 2 is 1.80 bits per heavy atom. The monoisotopic (exact) mass is 282 g/mol. The van der Waals surface area contributed by atoms with Gasteiger partial charge in [-0.2, -0.15) is 0 Å². The van der Waals surface area contributed by atoms with Gasteiger partial charge in [-0.05, 0) is 20.4 Å². The van der Waals surface area contributed by atoms with Crippen LogP contribution in [0.2, 0.25) is 0 Å². The predicted molar refractivity (Wildman–Crippen MR) is 76.2 cm³/mol. The number of methoxy groups -OCH3 is 1. The van der Waals surface area contributed by atoms with Crippen molar-refractivity contribution in [1.82, 2.24) is 9.80 Å². The Balaban J connectivity index is 1.89. The van der Waals surface area contributed by atoms with Gasteiger partial charge in [0.05, 0.1) is 5.60 Å². The summed E-state index contributed by atoms with van der Waals surface area (Å²) < 4.78 is 5.64. The third-order valence-corrected chi connectivity index (χ3v) is 5.59. The molecule has 0 aromatic carbocycles. The number of nitrogens with zero attached hydrogens (tertiary/aromatic N) is 2. The second-order valence-corrected chi connectivity index (χ2v) is 6.80. The summed E-state index contributed by atoms with van der Waals surface area (Å²) in [4.78, 5) is 26.8. The van der Waals surface area contributed by atoms with E-state index in [0.717, 1.165) is 13.0 Å². The zero-order chi connectivity index (χ0) is 15.1. The van der Waals surface area contributed by atoms with E-state index in [-0.39, 0.29) is 22.8 Å². The summed E-state index contributed by atoms with van der Waals surface area (Å²) in [5.74, 6) is -0.0593. The van der Waals surface area contributed by atoms with Crippen molar-refractivity contribution in [2.45, 2.75) is 51.7 Å². The molecule has 0 aromatic heterocycles. The van der Waals surface area contributed by atoms with E-state index in [2.05, 4.69) is 32.7 Å². The molecule has 2 atom stereocenters. The Labute approximate surface area is 121 Å². The minimum Gasteiger partial charge on any atom is -0.378 e. The van der Waals surface area contributed by atoms with E-state index >= 15 is 0 Å². The van der Waals surface area contributed by atoms with E-state index in [1.54, 1.807) is 7.11 Å². The van der Waals surface area contributed by atoms with Gasteiger partial charge in [-0.1, -0.05) is 13.8 Å². The molecule has 0 spiro atoms. The lowest BCUT2D eigenvalue weighted by Crippen LogP contribution is -2.68. The highest BCUT2D eigenvalue weighted by molar-refractivity contribution is 6.01. The molecule has 0 N–H and O–H groups in total. The summed E-state index contributed by atoms with van der Waals surface area (Å²) in [6.45, 7) is 7.81. The maximum absolute atomic E-state index is 11.6. The van der Waals surface area contributed by atoms with Gasteiger partial charge < -0.3 is 9.64 Å². The minimum absolute atomic E-state index is 0.0296. The molecule has 5 heteroatoms. The maximum Gasteiger partial charge on any atom is 0.229 e. The van der Waals surface area contributed by atoms with Gasteiger partial charge in [0, 0.05) is 44.5 Å². The SMILES string of the molecule is CO[C@]1(C)C[C@H](N(C)CCN2C(=O)CCC2=O)C1(C)C. The number of hydrogen-bond acceptors (Lipinski definition) is 4. The molecule has 1 saturated heterocycles. The topological polar surface area (TPSA) is 49.9 Å². The Morgan fingerprint density at radius 3 is 2.25 bits per heavy atom. The van der Waals surface area contributed by atoms with Gasteiger partial charge in [0.1, 0.15) is 0 Å². The van der Waals surface area contributed by atoms with E-state index in [1.165, 1.54) is 4.90 Å². The molecular weight excluding hydrogens is 256 g/mol. The molecule has 2 aliphatic rings. The van der Waals surface area contributed by atoms with Crippen LogP contribution in [0.1, 0.15) is 40.0 Å². The lowest BCUT2D eigenvalue weighted by atomic mass is 9.55. The molecule has 1 heterocycles. The van der Waals surface area contributed by atoms with Crippen LogP contribution in [0.5, 0.6) is 0 Å². The van der Waals surface area contributed by atoms with Crippen LogP contribution in [-0.2, 0) is 14.3 Å². The average molecular weight is 282 g/mol. The number of likely N-dealkylation sites (tertiary alicyclic amines) is 1. The van der Waals surface area contributed by atoms with Gasteiger partial charge in [-0.15, -0.1) is 0 Å². The van der Waals surface area contributed by atoms with Crippen LogP contribution >= 0.6 is 0 Å². The number of carbonyl (C=O) groups excluding carboxylic acids is 2. The molecule has 0 radical (unpaired) electrons. The van der Waals surface area contributed by atoms with Crippen LogP contribution in [0.3, 0.4) is 0 Å². The number of carbonyl (C=O) groups is 2. The number of ether oxygens (including phenoxy) is 1. The number of rotatable bonds is 5. The highest BCUT2D eigenvalue weighted by atomic mass is 16.5. The first-order chi connectivity index (χ1) is 9.23. The van der Waals surface area contributed by atoms with Gasteiger partial charge in [-0.25, -0.2) is 0 Å². The predicted octanol–water partition coefficient (Wildman–Crippen LogP) is 1.27. The summed E-state index contributed by atoms with van der Waals surface area (Å²) in [6.07, 6.45) is 1.73. The second-order valence-electron chi connectivity index (χ2n) is 6.80. The zero-order valence-electron chi connectivity index (χ0n) is 13.2. The largest absolute Gasteiger partial charge is 0.378 e. The molecule has 1 aliphatic heterocycles. The van der Waals surface area contributed by atoms with Crippen LogP contribution in [0.25, 0.3) is 0 Å². The van der Waals surface area contributed by atoms with E-state index in [4.69, 9.17) is 4.74 Å². The summed E-state index contributed by atoms with van der Waals surface area (Å²) in [5, 5.41) is 0. The molecule has 20 heavy (non-hydrogen) atoms. The van der Waals surface area contributed by atoms with E-state index in [1.807, 2.05) is 0 Å². The van der Waals surface area contributed by atoms with Crippen LogP contribution < -0.4 is 0 Å². The summed E-state index contributed by atoms with van der Waals surface area (Å²) in [7, 11) is 3.83. The fourth-order valence-corrected chi connectivity index (χ4v) is 3.45. The average Bonchev–Trinajstić information content (AvgIpc) is 2.72. The zero-order valence-corrected chi connectivity index (χ0v) is 13.2. The van der Waals surface area contributed by atoms with Crippen molar-refractivity contribution in [1.29, 1.82) is 0 Å². The molecule has 2 amide bonds. The maximum atomic E-state index is 11.6. The lowest BCUT2D eigenvalue weighted by Gasteiger charge is -2.61. The molecule has 2 rings (SSSR count). The van der Waals surface area contributed by atoms with Crippen molar-refractivity contribution in [3.05, 3.63) is 0 Å². The first kappa shape index (κ1) is 15.4. The van der Waals surface area contributed by atoms with Crippen molar-refractivity contribution >= 4 is 11.8 Å². The van der Waals surface area contributed by atoms with Gasteiger partial charge >= 0.3 is 0 Å². The normalized spacial score (nSPS) is 32.9. The minimum atomic E-state index is -0.0921. The number of imide groups is 1. The molecule has 0 bridgehead atoms. The van der Waals surface area contributed by atoms with Crippen molar-refractivity contribution in [3.8, 4) is 0 Å². The van der Waals surface area contributed by atoms with Crippen molar-refractivity contribution in [2.75, 3.05) is 27.2 Å². The third kappa shape index (κ3) is 2.27. The highest BCUT2D eigenvalue weighted by Crippen LogP contribution is 2.53. The van der Waals surface area contributed by atoms with Crippen LogP contribution in [0.4, 0.5) is 0 Å². The molecular formula is C15H26N2O3. The fourth-order valence-electron chi connectivity index (χ4n) is 3.45. The van der Waals surface area contributed by atoms with Gasteiger partial charge in [0.15, 0.2) is 0 Å². The first-order valence-corrected chi connectivity index (χ1v) is 7.31. The standard InChI is InChI=1S/C15H26N2O3/c1-14(2)11(10-15(14,3)20-5)16(4)8-9-17-12(18)6-7-13(17)19/h11H,6-10H2,1-5H3/t11-,15+/m0/s1. The van der Waals surface area contributed by atoms with Crippen LogP contribution in [0, 0.1) is 5.41 Å². The number of likely N-dealkylation sites (N-methyl/N-ethyl adjacent to an activating group) is 1. The third-order valence-electron chi connectivity index (χ3n) is 5.59. The molecule has 0 aromatic rings. The van der Waals surface area contributed by atoms with E-state index < -0.39 is 0 Å². The molecule has 5 nitrogen and oxygen atoms in total. The summed E-state index contributed by atoms with van der Waals surface area (Å²) in [5.41, 5.74) is -0.0270. The number of hydrogen-bond donors (Lipinski definition) is 0. The van der Waals surface area contributed by atoms with E-state index in [9.17, 15) is 9.59 Å². The Bertz CT molecular complexity index is 405. The van der Waals surface area contributed by atoms with Gasteiger partial charge in [0.2, 0.25) is 11.8 Å². The Kier molecular flexibility index (Phi) is 3.95. The van der Waals surface area contributed by atoms with Crippen molar-refractivity contribution in [3.63, 3.8) is 0 Å². The van der Waals surface area contributed by atoms with E-state index in [0.29, 0.717) is 25.4 Å². The van der Waals surface area contributed by atoms with Crippen molar-refractivity contribution in [2.24, 2.45) is 5.41 Å². The van der Waals surface area contributed by atoms with Crippen LogP contribution in [-0.4, -0.2) is 60.5 Å². The quantitative estimate of drug-likeness (QED) is 0.713. The van der Waals surface area contributed by atoms with Crippen molar-refractivity contribution < 1.29 is 14.3 Å². The van der Waals surface area contributed by atoms with Gasteiger partial charge in [-0.3, -0.25) is 14.5 Å². The number of amides is 2. The van der Waals surface area contributed by atoms with Crippen LogP contribution in [0.15, 0.2) is 0 Å². The molecule has 2 fully saturated rings. The Hall–Kier alpha value is -0.940. The Morgan fingerprint density at radius 1 is 1.25 bits per heavy atom. The smallest absolute Gasteiger partial charge is 0.229 e. The summed E-state index contributed by atoms with van der Waals surface area (Å²) in [6, 6.07) is 0.417. The second kappa shape index (κ2) is 5.11.